The van der Waals surface area contributed by atoms with Crippen molar-refractivity contribution in [2.24, 2.45) is 0 Å². The Morgan fingerprint density at radius 2 is 2.18 bits per heavy atom. The van der Waals surface area contributed by atoms with Gasteiger partial charge in [-0.25, -0.2) is 4.79 Å². The second-order valence-corrected chi connectivity index (χ2v) is 6.31. The summed E-state index contributed by atoms with van der Waals surface area (Å²) < 4.78 is 5.46. The lowest BCUT2D eigenvalue weighted by Gasteiger charge is -2.25. The Bertz CT molecular complexity index is 552. The standard InChI is InChI=1S/C16H23N3O2S/c1-4-19(12-13-7-6-10-22-13)16(20)17-11-14(18(2)3)15-8-5-9-21-15/h5-10,14H,4,11-12H2,1-3H3,(H,17,20)/t14-/m0/s1. The van der Waals surface area contributed by atoms with Gasteiger partial charge in [-0.1, -0.05) is 6.07 Å². The van der Waals surface area contributed by atoms with Crippen LogP contribution in [0.5, 0.6) is 0 Å². The highest BCUT2D eigenvalue weighted by molar-refractivity contribution is 7.09. The molecule has 0 unspecified atom stereocenters. The SMILES string of the molecule is CCN(Cc1cccs1)C(=O)NC[C@@H](c1ccco1)N(C)C. The van der Waals surface area contributed by atoms with Crippen LogP contribution in [0.1, 0.15) is 23.6 Å². The van der Waals surface area contributed by atoms with Crippen molar-refractivity contribution in [3.05, 3.63) is 46.5 Å². The number of rotatable bonds is 7. The van der Waals surface area contributed by atoms with Crippen LogP contribution >= 0.6 is 11.3 Å². The van der Waals surface area contributed by atoms with E-state index in [2.05, 4.69) is 5.32 Å². The molecule has 0 saturated carbocycles. The van der Waals surface area contributed by atoms with Crippen LogP contribution < -0.4 is 5.32 Å². The first-order valence-corrected chi connectivity index (χ1v) is 8.24. The van der Waals surface area contributed by atoms with Crippen LogP contribution in [0.2, 0.25) is 0 Å². The molecule has 0 aliphatic carbocycles. The number of urea groups is 1. The van der Waals surface area contributed by atoms with Gasteiger partial charge in [0.2, 0.25) is 0 Å². The molecule has 1 atom stereocenters. The lowest BCUT2D eigenvalue weighted by atomic mass is 10.2. The largest absolute Gasteiger partial charge is 0.468 e. The Morgan fingerprint density at radius 1 is 1.36 bits per heavy atom. The second-order valence-electron chi connectivity index (χ2n) is 5.27. The third kappa shape index (κ3) is 4.35. The van der Waals surface area contributed by atoms with E-state index in [1.165, 1.54) is 4.88 Å². The molecule has 0 aromatic carbocycles. The molecular weight excluding hydrogens is 298 g/mol. The van der Waals surface area contributed by atoms with E-state index in [9.17, 15) is 4.79 Å². The third-order valence-electron chi connectivity index (χ3n) is 3.54. The fraction of sp³-hybridized carbons (Fsp3) is 0.438. The number of nitrogens with zero attached hydrogens (tertiary/aromatic N) is 2. The quantitative estimate of drug-likeness (QED) is 0.852. The van der Waals surface area contributed by atoms with Gasteiger partial charge in [-0.2, -0.15) is 0 Å². The number of likely N-dealkylation sites (N-methyl/N-ethyl adjacent to an activating group) is 1. The van der Waals surface area contributed by atoms with Gasteiger partial charge in [-0.05, 0) is 44.6 Å². The van der Waals surface area contributed by atoms with Gasteiger partial charge in [0.05, 0.1) is 18.8 Å². The summed E-state index contributed by atoms with van der Waals surface area (Å²) in [6, 6.07) is 7.83. The summed E-state index contributed by atoms with van der Waals surface area (Å²) in [5.74, 6) is 0.853. The van der Waals surface area contributed by atoms with Crippen LogP contribution in [0.4, 0.5) is 4.79 Å². The first-order valence-electron chi connectivity index (χ1n) is 7.36. The normalized spacial score (nSPS) is 12.4. The first kappa shape index (κ1) is 16.6. The predicted molar refractivity (Wildman–Crippen MR) is 88.9 cm³/mol. The second kappa shape index (κ2) is 8.00. The van der Waals surface area contributed by atoms with Crippen molar-refractivity contribution < 1.29 is 9.21 Å². The van der Waals surface area contributed by atoms with E-state index in [0.29, 0.717) is 19.6 Å². The number of hydrogen-bond donors (Lipinski definition) is 1. The minimum atomic E-state index is -0.0469. The molecule has 5 nitrogen and oxygen atoms in total. The average molecular weight is 321 g/mol. The molecule has 0 radical (unpaired) electrons. The van der Waals surface area contributed by atoms with Gasteiger partial charge in [0, 0.05) is 18.0 Å². The van der Waals surface area contributed by atoms with Gasteiger partial charge in [0.25, 0.3) is 0 Å². The molecule has 1 N–H and O–H groups in total. The Morgan fingerprint density at radius 3 is 2.73 bits per heavy atom. The molecule has 6 heteroatoms. The van der Waals surface area contributed by atoms with Crippen LogP contribution in [-0.2, 0) is 6.54 Å². The van der Waals surface area contributed by atoms with E-state index in [-0.39, 0.29) is 12.1 Å². The average Bonchev–Trinajstić information content (AvgIpc) is 3.18. The molecule has 2 rings (SSSR count). The summed E-state index contributed by atoms with van der Waals surface area (Å²) in [6.45, 7) is 3.83. The highest BCUT2D eigenvalue weighted by atomic mass is 32.1. The van der Waals surface area contributed by atoms with E-state index in [1.807, 2.05) is 55.6 Å². The minimum absolute atomic E-state index is 0.0272. The number of nitrogens with one attached hydrogen (secondary N) is 1. The molecule has 22 heavy (non-hydrogen) atoms. The molecule has 0 spiro atoms. The predicted octanol–water partition coefficient (Wildman–Crippen LogP) is 3.18. The third-order valence-corrected chi connectivity index (χ3v) is 4.40. The monoisotopic (exact) mass is 321 g/mol. The first-order chi connectivity index (χ1) is 10.6. The molecule has 2 amide bonds. The van der Waals surface area contributed by atoms with Crippen molar-refractivity contribution in [1.82, 2.24) is 15.1 Å². The van der Waals surface area contributed by atoms with Crippen LogP contribution in [0.3, 0.4) is 0 Å². The lowest BCUT2D eigenvalue weighted by molar-refractivity contribution is 0.190. The smallest absolute Gasteiger partial charge is 0.317 e. The molecule has 0 bridgehead atoms. The summed E-state index contributed by atoms with van der Waals surface area (Å²) in [7, 11) is 3.95. The van der Waals surface area contributed by atoms with Gasteiger partial charge < -0.3 is 14.6 Å². The molecule has 0 saturated heterocycles. The van der Waals surface area contributed by atoms with Crippen molar-refractivity contribution in [3.8, 4) is 0 Å². The number of carbonyl (C=O) groups is 1. The van der Waals surface area contributed by atoms with E-state index < -0.39 is 0 Å². The molecule has 120 valence electrons. The molecular formula is C16H23N3O2S. The van der Waals surface area contributed by atoms with E-state index in [4.69, 9.17) is 4.42 Å². The van der Waals surface area contributed by atoms with Crippen LogP contribution in [0, 0.1) is 0 Å². The van der Waals surface area contributed by atoms with E-state index in [0.717, 1.165) is 5.76 Å². The van der Waals surface area contributed by atoms with E-state index >= 15 is 0 Å². The van der Waals surface area contributed by atoms with Gasteiger partial charge in [-0.15, -0.1) is 11.3 Å². The molecule has 0 aliphatic heterocycles. The van der Waals surface area contributed by atoms with E-state index in [1.54, 1.807) is 22.5 Å². The van der Waals surface area contributed by atoms with Crippen molar-refractivity contribution in [2.45, 2.75) is 19.5 Å². The fourth-order valence-corrected chi connectivity index (χ4v) is 2.95. The minimum Gasteiger partial charge on any atom is -0.468 e. The molecule has 2 aromatic rings. The lowest BCUT2D eigenvalue weighted by Crippen LogP contribution is -2.42. The molecule has 0 fully saturated rings. The van der Waals surface area contributed by atoms with Crippen molar-refractivity contribution >= 4 is 17.4 Å². The summed E-state index contributed by atoms with van der Waals surface area (Å²) in [6.07, 6.45) is 1.66. The number of furan rings is 1. The zero-order chi connectivity index (χ0) is 15.9. The van der Waals surface area contributed by atoms with Crippen LogP contribution in [-0.4, -0.2) is 43.0 Å². The van der Waals surface area contributed by atoms with Gasteiger partial charge in [-0.3, -0.25) is 4.90 Å². The highest BCUT2D eigenvalue weighted by Gasteiger charge is 2.19. The van der Waals surface area contributed by atoms with Crippen molar-refractivity contribution in [3.63, 3.8) is 0 Å². The number of carbonyl (C=O) groups excluding carboxylic acids is 1. The highest BCUT2D eigenvalue weighted by Crippen LogP contribution is 2.18. The summed E-state index contributed by atoms with van der Waals surface area (Å²) in [5.41, 5.74) is 0. The number of amides is 2. The Hall–Kier alpha value is -1.79. The topological polar surface area (TPSA) is 48.7 Å². The zero-order valence-corrected chi connectivity index (χ0v) is 14.1. The fourth-order valence-electron chi connectivity index (χ4n) is 2.23. The van der Waals surface area contributed by atoms with Gasteiger partial charge in [0.1, 0.15) is 5.76 Å². The molecule has 0 aliphatic rings. The van der Waals surface area contributed by atoms with Crippen molar-refractivity contribution in [2.75, 3.05) is 27.2 Å². The summed E-state index contributed by atoms with van der Waals surface area (Å²) >= 11 is 1.67. The van der Waals surface area contributed by atoms with Gasteiger partial charge >= 0.3 is 6.03 Å². The number of hydrogen-bond acceptors (Lipinski definition) is 4. The van der Waals surface area contributed by atoms with Crippen molar-refractivity contribution in [1.29, 1.82) is 0 Å². The Labute approximate surface area is 135 Å². The van der Waals surface area contributed by atoms with Crippen LogP contribution in [0.15, 0.2) is 40.3 Å². The maximum atomic E-state index is 12.4. The maximum absolute atomic E-state index is 12.4. The van der Waals surface area contributed by atoms with Crippen LogP contribution in [0.25, 0.3) is 0 Å². The summed E-state index contributed by atoms with van der Waals surface area (Å²) in [4.78, 5) is 17.4. The summed E-state index contributed by atoms with van der Waals surface area (Å²) in [5, 5.41) is 5.03. The maximum Gasteiger partial charge on any atom is 0.317 e. The zero-order valence-electron chi connectivity index (χ0n) is 13.3. The van der Waals surface area contributed by atoms with Gasteiger partial charge in [0.15, 0.2) is 0 Å². The molecule has 2 heterocycles. The number of thiophene rings is 1. The Kier molecular flexibility index (Phi) is 6.03. The Balaban J connectivity index is 1.92. The molecule has 2 aromatic heterocycles.